The van der Waals surface area contributed by atoms with Crippen molar-refractivity contribution in [2.24, 2.45) is 0 Å². The molecule has 0 spiro atoms. The van der Waals surface area contributed by atoms with Gasteiger partial charge in [-0.15, -0.1) is 22.7 Å². The zero-order chi connectivity index (χ0) is 23.7. The summed E-state index contributed by atoms with van der Waals surface area (Å²) in [5, 5.41) is 0. The van der Waals surface area contributed by atoms with Crippen molar-refractivity contribution in [1.29, 1.82) is 0 Å². The SMILES string of the molecule is C[Si](C)(C)O[Si](C)(C)CCCCCCCCN1c2cc(Br)sc2-c2sc(Br)cc2S1(=O)=O. The van der Waals surface area contributed by atoms with Crippen LogP contribution in [-0.2, 0) is 14.1 Å². The number of hydrogen-bond donors (Lipinski definition) is 0. The van der Waals surface area contributed by atoms with Gasteiger partial charge in [0.15, 0.2) is 16.6 Å². The van der Waals surface area contributed by atoms with E-state index >= 15 is 0 Å². The van der Waals surface area contributed by atoms with Crippen molar-refractivity contribution in [3.63, 3.8) is 0 Å². The molecule has 1 aliphatic rings. The van der Waals surface area contributed by atoms with Crippen LogP contribution in [0.3, 0.4) is 0 Å². The van der Waals surface area contributed by atoms with Crippen LogP contribution in [0.2, 0.25) is 38.8 Å². The molecule has 0 atom stereocenters. The molecular formula is C21H33Br2NO3S3Si2. The molecule has 3 rings (SSSR count). The highest BCUT2D eigenvalue weighted by molar-refractivity contribution is 9.11. The molecule has 0 unspecified atom stereocenters. The number of nitrogens with zero attached hydrogens (tertiary/aromatic N) is 1. The summed E-state index contributed by atoms with van der Waals surface area (Å²) >= 11 is 10.1. The largest absolute Gasteiger partial charge is 0.456 e. The van der Waals surface area contributed by atoms with Crippen LogP contribution in [0.4, 0.5) is 5.69 Å². The first-order valence-electron chi connectivity index (χ1n) is 11.1. The van der Waals surface area contributed by atoms with E-state index in [4.69, 9.17) is 4.12 Å². The predicted molar refractivity (Wildman–Crippen MR) is 152 cm³/mol. The van der Waals surface area contributed by atoms with Gasteiger partial charge in [-0.05, 0) is 89.2 Å². The van der Waals surface area contributed by atoms with E-state index < -0.39 is 26.7 Å². The number of thiophene rings is 2. The maximum atomic E-state index is 13.3. The maximum Gasteiger partial charge on any atom is 0.265 e. The normalized spacial score (nSPS) is 15.7. The number of sulfonamides is 1. The van der Waals surface area contributed by atoms with E-state index in [0.29, 0.717) is 11.4 Å². The van der Waals surface area contributed by atoms with Gasteiger partial charge >= 0.3 is 0 Å². The lowest BCUT2D eigenvalue weighted by Crippen LogP contribution is -2.42. The number of hydrogen-bond acceptors (Lipinski definition) is 5. The number of unbranched alkanes of at least 4 members (excludes halogenated alkanes) is 5. The van der Waals surface area contributed by atoms with Crippen LogP contribution in [0, 0.1) is 0 Å². The van der Waals surface area contributed by atoms with Gasteiger partial charge in [-0.1, -0.05) is 32.1 Å². The Balaban J connectivity index is 1.47. The van der Waals surface area contributed by atoms with Crippen LogP contribution in [-0.4, -0.2) is 31.6 Å². The van der Waals surface area contributed by atoms with Gasteiger partial charge in [-0.25, -0.2) is 8.42 Å². The van der Waals surface area contributed by atoms with E-state index in [1.165, 1.54) is 36.6 Å². The Hall–Kier alpha value is 0.504. The van der Waals surface area contributed by atoms with E-state index in [0.717, 1.165) is 42.3 Å². The summed E-state index contributed by atoms with van der Waals surface area (Å²) in [5.74, 6) is 0. The second-order valence-corrected chi connectivity index (χ2v) is 25.7. The molecular weight excluding hydrogens is 626 g/mol. The van der Waals surface area contributed by atoms with Gasteiger partial charge in [0.2, 0.25) is 0 Å². The molecule has 0 saturated heterocycles. The fraction of sp³-hybridized carbons (Fsp3) is 0.619. The molecule has 0 N–H and O–H groups in total. The van der Waals surface area contributed by atoms with E-state index in [2.05, 4.69) is 64.6 Å². The van der Waals surface area contributed by atoms with Crippen LogP contribution >= 0.6 is 54.5 Å². The molecule has 0 aromatic carbocycles. The topological polar surface area (TPSA) is 46.6 Å². The summed E-state index contributed by atoms with van der Waals surface area (Å²) in [4.78, 5) is 2.33. The number of anilines is 1. The van der Waals surface area contributed by atoms with Crippen molar-refractivity contribution in [1.82, 2.24) is 0 Å². The van der Waals surface area contributed by atoms with Crippen LogP contribution in [0.1, 0.15) is 38.5 Å². The third kappa shape index (κ3) is 6.80. The van der Waals surface area contributed by atoms with Crippen LogP contribution in [0.15, 0.2) is 24.6 Å². The van der Waals surface area contributed by atoms with Crippen LogP contribution in [0.5, 0.6) is 0 Å². The lowest BCUT2D eigenvalue weighted by molar-refractivity contribution is 0.535. The fourth-order valence-electron chi connectivity index (χ4n) is 4.28. The maximum absolute atomic E-state index is 13.3. The average Bonchev–Trinajstić information content (AvgIpc) is 3.20. The van der Waals surface area contributed by atoms with E-state index in [1.807, 2.05) is 6.07 Å². The van der Waals surface area contributed by atoms with Crippen molar-refractivity contribution in [2.45, 2.75) is 82.2 Å². The van der Waals surface area contributed by atoms with Gasteiger partial charge in [0.1, 0.15) is 4.90 Å². The molecule has 2 aromatic rings. The Morgan fingerprint density at radius 2 is 1.44 bits per heavy atom. The summed E-state index contributed by atoms with van der Waals surface area (Å²) in [6, 6.07) is 4.93. The molecule has 32 heavy (non-hydrogen) atoms. The summed E-state index contributed by atoms with van der Waals surface area (Å²) in [5.41, 5.74) is 0.818. The Kier molecular flexibility index (Phi) is 9.00. The summed E-state index contributed by atoms with van der Waals surface area (Å²) < 4.78 is 36.4. The van der Waals surface area contributed by atoms with Gasteiger partial charge in [-0.3, -0.25) is 4.31 Å². The quantitative estimate of drug-likeness (QED) is 0.179. The monoisotopic (exact) mass is 657 g/mol. The standard InChI is InChI=1S/C21H33Br2NO3S3Si2/c1-31(2,3)27-32(4,5)13-11-9-7-6-8-10-12-24-16-14-18(22)28-20(16)21-17(30(24,25)26)15-19(23)29-21/h14-15H,6-13H2,1-5H3. The summed E-state index contributed by atoms with van der Waals surface area (Å²) in [6.45, 7) is 12.1. The lowest BCUT2D eigenvalue weighted by Gasteiger charge is -2.31. The molecule has 11 heteroatoms. The number of rotatable bonds is 11. The zero-order valence-electron chi connectivity index (χ0n) is 19.5. The van der Waals surface area contributed by atoms with Crippen molar-refractivity contribution < 1.29 is 12.5 Å². The minimum absolute atomic E-state index is 0.434. The predicted octanol–water partition coefficient (Wildman–Crippen LogP) is 8.91. The molecule has 0 amide bonds. The third-order valence-electron chi connectivity index (χ3n) is 5.37. The van der Waals surface area contributed by atoms with Gasteiger partial charge in [0, 0.05) is 6.54 Å². The fourth-order valence-corrected chi connectivity index (χ4v) is 18.1. The lowest BCUT2D eigenvalue weighted by atomic mass is 10.1. The Morgan fingerprint density at radius 3 is 2.09 bits per heavy atom. The first-order chi connectivity index (χ1) is 14.8. The van der Waals surface area contributed by atoms with Gasteiger partial charge < -0.3 is 4.12 Å². The minimum atomic E-state index is -3.50. The molecule has 0 bridgehead atoms. The smallest absolute Gasteiger partial charge is 0.265 e. The molecule has 4 nitrogen and oxygen atoms in total. The Labute approximate surface area is 220 Å². The van der Waals surface area contributed by atoms with E-state index in [1.54, 1.807) is 21.7 Å². The molecule has 1 aliphatic heterocycles. The third-order valence-corrected chi connectivity index (χ3v) is 17.0. The molecule has 0 radical (unpaired) electrons. The van der Waals surface area contributed by atoms with Crippen molar-refractivity contribution >= 4 is 86.9 Å². The summed E-state index contributed by atoms with van der Waals surface area (Å²) in [6.07, 6.45) is 6.78. The Morgan fingerprint density at radius 1 is 0.875 bits per heavy atom. The first-order valence-corrected chi connectivity index (χ1v) is 22.3. The molecule has 0 saturated carbocycles. The van der Waals surface area contributed by atoms with Crippen LogP contribution in [0.25, 0.3) is 9.75 Å². The highest BCUT2D eigenvalue weighted by Crippen LogP contribution is 2.53. The highest BCUT2D eigenvalue weighted by atomic mass is 79.9. The second-order valence-electron chi connectivity index (χ2n) is 9.93. The molecule has 0 fully saturated rings. The van der Waals surface area contributed by atoms with Gasteiger partial charge in [-0.2, -0.15) is 0 Å². The first kappa shape index (κ1) is 27.1. The number of fused-ring (bicyclic) bond motifs is 3. The van der Waals surface area contributed by atoms with Crippen LogP contribution < -0.4 is 4.31 Å². The Bertz CT molecular complexity index is 1050. The molecule has 0 aliphatic carbocycles. The van der Waals surface area contributed by atoms with Crippen molar-refractivity contribution in [3.05, 3.63) is 19.7 Å². The van der Waals surface area contributed by atoms with Crippen molar-refractivity contribution in [3.8, 4) is 9.75 Å². The molecule has 2 aromatic heterocycles. The molecule has 180 valence electrons. The van der Waals surface area contributed by atoms with E-state index in [9.17, 15) is 8.42 Å². The number of halogens is 2. The van der Waals surface area contributed by atoms with Gasteiger partial charge in [0.05, 0.1) is 23.0 Å². The van der Waals surface area contributed by atoms with E-state index in [-0.39, 0.29) is 0 Å². The minimum Gasteiger partial charge on any atom is -0.456 e. The summed E-state index contributed by atoms with van der Waals surface area (Å²) in [7, 11) is -6.48. The van der Waals surface area contributed by atoms with Crippen molar-refractivity contribution in [2.75, 3.05) is 10.8 Å². The zero-order valence-corrected chi connectivity index (χ0v) is 27.1. The van der Waals surface area contributed by atoms with Gasteiger partial charge in [0.25, 0.3) is 10.0 Å². The average molecular weight is 660 g/mol. The second kappa shape index (κ2) is 10.6. The molecule has 3 heterocycles. The highest BCUT2D eigenvalue weighted by Gasteiger charge is 2.38.